The lowest BCUT2D eigenvalue weighted by molar-refractivity contribution is -0.245. The van der Waals surface area contributed by atoms with Gasteiger partial charge in [0.05, 0.1) is 57.9 Å². The molecule has 258 valence electrons. The molecular formula is C34H33Cl2N3O10. The largest absolute Gasteiger partial charge is 0.507 e. The van der Waals surface area contributed by atoms with Crippen LogP contribution in [-0.4, -0.2) is 80.9 Å². The van der Waals surface area contributed by atoms with Gasteiger partial charge in [-0.15, -0.1) is 0 Å². The van der Waals surface area contributed by atoms with Gasteiger partial charge in [0.1, 0.15) is 22.8 Å². The smallest absolute Gasteiger partial charge is 0.271 e. The first-order valence-corrected chi connectivity index (χ1v) is 16.1. The minimum absolute atomic E-state index is 0.0145. The third-order valence-corrected chi connectivity index (χ3v) is 10.1. The topological polar surface area (TPSA) is 210 Å². The average molecular weight is 715 g/mol. The number of nitrogens with two attached hydrogens (primary N) is 1. The zero-order chi connectivity index (χ0) is 35.5. The molecular weight excluding hydrogens is 681 g/mol. The number of rotatable bonds is 6. The molecule has 7 N–H and O–H groups in total. The van der Waals surface area contributed by atoms with Gasteiger partial charge in [-0.25, -0.2) is 5.43 Å². The maximum atomic E-state index is 13.9. The lowest BCUT2D eigenvalue weighted by Gasteiger charge is -2.42. The Kier molecular flexibility index (Phi) is 9.22. The number of hydrogen-bond donors (Lipinski definition) is 6. The van der Waals surface area contributed by atoms with E-state index < -0.39 is 82.8 Å². The number of benzene rings is 3. The molecule has 3 aromatic carbocycles. The number of hydrazone groups is 1. The Morgan fingerprint density at radius 3 is 2.47 bits per heavy atom. The first-order valence-electron chi connectivity index (χ1n) is 15.3. The lowest BCUT2D eigenvalue weighted by atomic mass is 9.71. The van der Waals surface area contributed by atoms with E-state index in [2.05, 4.69) is 10.5 Å². The fraction of sp³-hybridized carbons (Fsp3) is 0.353. The average Bonchev–Trinajstić information content (AvgIpc) is 3.06. The second kappa shape index (κ2) is 13.0. The number of fused-ring (bicyclic) bond motifs is 3. The fourth-order valence-electron chi connectivity index (χ4n) is 6.61. The summed E-state index contributed by atoms with van der Waals surface area (Å²) in [5, 5.41) is 50.4. The molecule has 0 unspecified atom stereocenters. The van der Waals surface area contributed by atoms with Crippen molar-refractivity contribution in [1.82, 2.24) is 5.43 Å². The van der Waals surface area contributed by atoms with Crippen molar-refractivity contribution >= 4 is 46.4 Å². The van der Waals surface area contributed by atoms with E-state index in [0.29, 0.717) is 0 Å². The molecule has 0 saturated carbocycles. The van der Waals surface area contributed by atoms with Crippen molar-refractivity contribution in [2.45, 2.75) is 69.4 Å². The van der Waals surface area contributed by atoms with Gasteiger partial charge in [-0.1, -0.05) is 35.3 Å². The number of aromatic hydroxyl groups is 2. The summed E-state index contributed by atoms with van der Waals surface area (Å²) in [5.74, 6) is -3.32. The number of aliphatic hydroxyl groups excluding tert-OH is 1. The summed E-state index contributed by atoms with van der Waals surface area (Å²) in [5.41, 5.74) is 5.55. The summed E-state index contributed by atoms with van der Waals surface area (Å²) >= 11 is 12.0. The summed E-state index contributed by atoms with van der Waals surface area (Å²) < 4.78 is 17.5. The van der Waals surface area contributed by atoms with Crippen LogP contribution in [0.5, 0.6) is 17.2 Å². The number of carbonyl (C=O) groups is 3. The number of nitrogens with zero attached hydrogens (tertiary/aromatic N) is 1. The maximum absolute atomic E-state index is 13.9. The molecule has 0 aromatic heterocycles. The van der Waals surface area contributed by atoms with Crippen molar-refractivity contribution in [3.05, 3.63) is 85.4 Å². The summed E-state index contributed by atoms with van der Waals surface area (Å²) in [6.07, 6.45) is -4.71. The van der Waals surface area contributed by atoms with Gasteiger partial charge in [0.25, 0.3) is 5.91 Å². The number of ether oxygens (including phenoxy) is 3. The second-order valence-corrected chi connectivity index (χ2v) is 13.2. The van der Waals surface area contributed by atoms with E-state index in [-0.39, 0.29) is 62.2 Å². The number of ketones is 2. The van der Waals surface area contributed by atoms with Crippen LogP contribution in [0.1, 0.15) is 86.1 Å². The Bertz CT molecular complexity index is 1920. The number of carbonyl (C=O) groups excluding carboxylic acids is 3. The van der Waals surface area contributed by atoms with Gasteiger partial charge >= 0.3 is 0 Å². The van der Waals surface area contributed by atoms with Crippen LogP contribution in [0.2, 0.25) is 10.0 Å². The molecule has 49 heavy (non-hydrogen) atoms. The van der Waals surface area contributed by atoms with Crippen LogP contribution < -0.4 is 15.9 Å². The Hall–Kier alpha value is -4.08. The SMILES string of the molecule is COc1cccc2c1C(=O)c1c(O)c3c(c(O)c1C2=O)C[C@@](O)(/C(C)=N\NC(=O)c1ccc(Cl)c(Cl)c1)C[C@H]3O[C@H]1C[C@@H](N)[C@@H](O)[C@H](C)O1. The molecule has 6 atom stereocenters. The number of aliphatic hydroxyl groups is 2. The van der Waals surface area contributed by atoms with Crippen LogP contribution in [0, 0.1) is 0 Å². The Balaban J connectivity index is 1.44. The molecule has 1 saturated heterocycles. The van der Waals surface area contributed by atoms with Crippen LogP contribution in [0.25, 0.3) is 0 Å². The second-order valence-electron chi connectivity index (χ2n) is 12.3. The highest BCUT2D eigenvalue weighted by molar-refractivity contribution is 6.42. The van der Waals surface area contributed by atoms with Crippen LogP contribution in [0.15, 0.2) is 41.5 Å². The van der Waals surface area contributed by atoms with E-state index in [0.717, 1.165) is 0 Å². The zero-order valence-corrected chi connectivity index (χ0v) is 28.0. The molecule has 0 radical (unpaired) electrons. The monoisotopic (exact) mass is 713 g/mol. The highest BCUT2D eigenvalue weighted by atomic mass is 35.5. The number of nitrogens with one attached hydrogen (secondary N) is 1. The van der Waals surface area contributed by atoms with Gasteiger partial charge in [-0.3, -0.25) is 14.4 Å². The third-order valence-electron chi connectivity index (χ3n) is 9.32. The predicted molar refractivity (Wildman–Crippen MR) is 177 cm³/mol. The maximum Gasteiger partial charge on any atom is 0.271 e. The molecule has 3 aliphatic rings. The summed E-state index contributed by atoms with van der Waals surface area (Å²) in [6.45, 7) is 3.04. The van der Waals surface area contributed by atoms with Crippen molar-refractivity contribution in [3.63, 3.8) is 0 Å². The van der Waals surface area contributed by atoms with Gasteiger partial charge in [0.15, 0.2) is 12.1 Å². The van der Waals surface area contributed by atoms with Crippen LogP contribution in [-0.2, 0) is 15.9 Å². The normalized spacial score (nSPS) is 26.4. The summed E-state index contributed by atoms with van der Waals surface area (Å²) in [6, 6.07) is 7.92. The zero-order valence-electron chi connectivity index (χ0n) is 26.5. The minimum atomic E-state index is -1.94. The molecule has 15 heteroatoms. The fourth-order valence-corrected chi connectivity index (χ4v) is 6.90. The molecule has 0 bridgehead atoms. The molecule has 13 nitrogen and oxygen atoms in total. The van der Waals surface area contributed by atoms with Gasteiger partial charge in [0, 0.05) is 47.6 Å². The van der Waals surface area contributed by atoms with Crippen molar-refractivity contribution in [2.24, 2.45) is 10.8 Å². The van der Waals surface area contributed by atoms with E-state index in [4.69, 9.17) is 43.1 Å². The highest BCUT2D eigenvalue weighted by Crippen LogP contribution is 2.52. The first-order chi connectivity index (χ1) is 23.2. The Labute approximate surface area is 290 Å². The molecule has 1 amide bonds. The number of phenolic OH excluding ortho intramolecular Hbond substituents is 2. The molecule has 3 aromatic rings. The van der Waals surface area contributed by atoms with Crippen LogP contribution in [0.3, 0.4) is 0 Å². The van der Waals surface area contributed by atoms with E-state index in [1.165, 1.54) is 50.4 Å². The van der Waals surface area contributed by atoms with E-state index in [1.54, 1.807) is 6.92 Å². The number of phenols is 2. The molecule has 2 aliphatic carbocycles. The Morgan fingerprint density at radius 1 is 1.08 bits per heavy atom. The Morgan fingerprint density at radius 2 is 1.80 bits per heavy atom. The molecule has 1 fully saturated rings. The standard InChI is InChI=1S/C34H33Cl2N3O10/c1-13-28(40)20(37)10-23(48-13)49-22-12-34(46,14(2)38-39-33(45)15-7-8-18(35)19(36)9-15)11-17-25(22)32(44)27-26(30(17)42)29(41)16-5-4-6-21(47-3)24(16)31(27)43/h4-9,13,20,22-23,28,40,42,44,46H,10-12,37H2,1-3H3,(H,39,45)/b38-14-/t13-,20+,22+,23-,28-,34-/m0/s1. The van der Waals surface area contributed by atoms with Crippen LogP contribution >= 0.6 is 23.2 Å². The first kappa shape index (κ1) is 34.8. The molecule has 6 rings (SSSR count). The van der Waals surface area contributed by atoms with Gasteiger partial charge in [0.2, 0.25) is 5.78 Å². The molecule has 1 aliphatic heterocycles. The third kappa shape index (κ3) is 5.95. The summed E-state index contributed by atoms with van der Waals surface area (Å²) in [4.78, 5) is 40.6. The lowest BCUT2D eigenvalue weighted by Crippen LogP contribution is -2.52. The number of halogens is 2. The summed E-state index contributed by atoms with van der Waals surface area (Å²) in [7, 11) is 1.33. The van der Waals surface area contributed by atoms with Crippen molar-refractivity contribution < 1.29 is 49.0 Å². The predicted octanol–water partition coefficient (Wildman–Crippen LogP) is 3.55. The number of hydrogen-bond acceptors (Lipinski definition) is 12. The quantitative estimate of drug-likeness (QED) is 0.0966. The minimum Gasteiger partial charge on any atom is -0.507 e. The van der Waals surface area contributed by atoms with Crippen LogP contribution in [0.4, 0.5) is 0 Å². The van der Waals surface area contributed by atoms with Gasteiger partial charge < -0.3 is 40.4 Å². The number of amides is 1. The van der Waals surface area contributed by atoms with E-state index in [1.807, 2.05) is 0 Å². The van der Waals surface area contributed by atoms with E-state index >= 15 is 0 Å². The van der Waals surface area contributed by atoms with Crippen molar-refractivity contribution in [3.8, 4) is 17.2 Å². The number of methoxy groups -OCH3 is 1. The van der Waals surface area contributed by atoms with Gasteiger partial charge in [-0.05, 0) is 38.1 Å². The molecule has 0 spiro atoms. The van der Waals surface area contributed by atoms with E-state index in [9.17, 15) is 34.8 Å². The highest BCUT2D eigenvalue weighted by Gasteiger charge is 2.49. The van der Waals surface area contributed by atoms with Crippen molar-refractivity contribution in [2.75, 3.05) is 7.11 Å². The molecule has 1 heterocycles. The van der Waals surface area contributed by atoms with Crippen molar-refractivity contribution in [1.29, 1.82) is 0 Å². The van der Waals surface area contributed by atoms with Gasteiger partial charge in [-0.2, -0.15) is 5.10 Å².